The fourth-order valence-corrected chi connectivity index (χ4v) is 2.32. The van der Waals surface area contributed by atoms with Gasteiger partial charge in [-0.25, -0.2) is 9.97 Å². The second-order valence-electron chi connectivity index (χ2n) is 5.45. The molecular weight excluding hydrogens is 276 g/mol. The van der Waals surface area contributed by atoms with Crippen LogP contribution in [-0.4, -0.2) is 20.2 Å². The summed E-state index contributed by atoms with van der Waals surface area (Å²) in [6.07, 6.45) is 0.396. The molecule has 0 amide bonds. The van der Waals surface area contributed by atoms with Crippen molar-refractivity contribution in [1.29, 1.82) is 5.26 Å². The van der Waals surface area contributed by atoms with Gasteiger partial charge in [-0.05, 0) is 5.56 Å². The lowest BCUT2D eigenvalue weighted by molar-refractivity contribution is 0.783. The number of aromatic amines is 1. The lowest BCUT2D eigenvalue weighted by Gasteiger charge is -2.06. The van der Waals surface area contributed by atoms with E-state index in [9.17, 15) is 0 Å². The molecule has 3 rings (SSSR count). The molecule has 22 heavy (non-hydrogen) atoms. The highest BCUT2D eigenvalue weighted by Gasteiger charge is 2.15. The Morgan fingerprint density at radius 2 is 1.95 bits per heavy atom. The van der Waals surface area contributed by atoms with Gasteiger partial charge >= 0.3 is 0 Å². The summed E-state index contributed by atoms with van der Waals surface area (Å²) in [6.45, 7) is 4.03. The molecule has 3 N–H and O–H groups in total. The number of anilines is 1. The van der Waals surface area contributed by atoms with Crippen molar-refractivity contribution in [3.8, 4) is 17.3 Å². The average Bonchev–Trinajstić information content (AvgIpc) is 2.93. The van der Waals surface area contributed by atoms with Crippen LogP contribution >= 0.6 is 0 Å². The molecule has 0 unspecified atom stereocenters. The highest BCUT2D eigenvalue weighted by Crippen LogP contribution is 2.30. The molecule has 0 bridgehead atoms. The lowest BCUT2D eigenvalue weighted by atomic mass is 10.1. The Bertz CT molecular complexity index is 855. The highest BCUT2D eigenvalue weighted by atomic mass is 15.2. The predicted octanol–water partition coefficient (Wildman–Crippen LogP) is 2.79. The van der Waals surface area contributed by atoms with Crippen LogP contribution in [0.15, 0.2) is 24.3 Å². The van der Waals surface area contributed by atoms with Crippen molar-refractivity contribution in [1.82, 2.24) is 20.2 Å². The Balaban J connectivity index is 2.10. The van der Waals surface area contributed by atoms with Crippen LogP contribution in [-0.2, 0) is 6.42 Å². The maximum absolute atomic E-state index is 8.72. The third-order valence-electron chi connectivity index (χ3n) is 3.50. The van der Waals surface area contributed by atoms with E-state index in [1.165, 1.54) is 0 Å². The number of hydrogen-bond donors (Lipinski definition) is 2. The first-order chi connectivity index (χ1) is 10.6. The molecule has 3 aromatic rings. The number of benzene rings is 1. The second-order valence-corrected chi connectivity index (χ2v) is 5.45. The maximum Gasteiger partial charge on any atom is 0.187 e. The van der Waals surface area contributed by atoms with Crippen LogP contribution in [0.5, 0.6) is 0 Å². The monoisotopic (exact) mass is 292 g/mol. The smallest absolute Gasteiger partial charge is 0.187 e. The van der Waals surface area contributed by atoms with E-state index in [1.807, 2.05) is 38.1 Å². The van der Waals surface area contributed by atoms with E-state index in [4.69, 9.17) is 11.0 Å². The largest absolute Gasteiger partial charge is 0.383 e. The van der Waals surface area contributed by atoms with Crippen LogP contribution in [0.2, 0.25) is 0 Å². The molecular formula is C16H16N6. The van der Waals surface area contributed by atoms with Crippen molar-refractivity contribution in [3.63, 3.8) is 0 Å². The minimum atomic E-state index is 0.192. The molecule has 2 heterocycles. The summed E-state index contributed by atoms with van der Waals surface area (Å²) in [5, 5.41) is 16.7. The highest BCUT2D eigenvalue weighted by molar-refractivity contribution is 5.97. The number of rotatable bonds is 3. The summed E-state index contributed by atoms with van der Waals surface area (Å²) < 4.78 is 0. The standard InChI is InChI=1S/C16H16N6/c1-9(2)15-19-14(18)12-13(21-22-16(12)20-15)11-5-3-10(4-6-11)7-8-17/h3-6,9H,7H2,1-2H3,(H3,18,19,20,21,22). The molecule has 0 aliphatic heterocycles. The fourth-order valence-electron chi connectivity index (χ4n) is 2.32. The molecule has 110 valence electrons. The van der Waals surface area contributed by atoms with Crippen molar-refractivity contribution in [3.05, 3.63) is 35.7 Å². The molecule has 6 nitrogen and oxygen atoms in total. The van der Waals surface area contributed by atoms with Gasteiger partial charge in [0.15, 0.2) is 5.65 Å². The zero-order valence-electron chi connectivity index (χ0n) is 12.5. The van der Waals surface area contributed by atoms with Gasteiger partial charge in [0.1, 0.15) is 11.6 Å². The minimum Gasteiger partial charge on any atom is -0.383 e. The van der Waals surface area contributed by atoms with Gasteiger partial charge in [-0.2, -0.15) is 10.4 Å². The third-order valence-corrected chi connectivity index (χ3v) is 3.50. The molecule has 0 fully saturated rings. The summed E-state index contributed by atoms with van der Waals surface area (Å²) in [4.78, 5) is 8.82. The third kappa shape index (κ3) is 2.37. The van der Waals surface area contributed by atoms with Gasteiger partial charge in [0.2, 0.25) is 0 Å². The Kier molecular flexibility index (Phi) is 3.47. The van der Waals surface area contributed by atoms with E-state index in [1.54, 1.807) is 0 Å². The number of fused-ring (bicyclic) bond motifs is 1. The molecule has 0 atom stereocenters. The minimum absolute atomic E-state index is 0.192. The van der Waals surface area contributed by atoms with Crippen molar-refractivity contribution in [2.45, 2.75) is 26.2 Å². The Morgan fingerprint density at radius 3 is 2.59 bits per heavy atom. The zero-order chi connectivity index (χ0) is 15.7. The predicted molar refractivity (Wildman–Crippen MR) is 84.9 cm³/mol. The fraction of sp³-hybridized carbons (Fsp3) is 0.250. The summed E-state index contributed by atoms with van der Waals surface area (Å²) in [5.41, 5.74) is 9.39. The molecule has 0 aliphatic rings. The van der Waals surface area contributed by atoms with Crippen LogP contribution in [0.25, 0.3) is 22.3 Å². The molecule has 0 aliphatic carbocycles. The quantitative estimate of drug-likeness (QED) is 0.772. The number of nitrogens with two attached hydrogens (primary N) is 1. The first kappa shape index (κ1) is 14.0. The SMILES string of the molecule is CC(C)c1nc(N)c2c(-c3ccc(CC#N)cc3)[nH]nc2n1. The van der Waals surface area contributed by atoms with Crippen LogP contribution in [0.3, 0.4) is 0 Å². The summed E-state index contributed by atoms with van der Waals surface area (Å²) in [5.74, 6) is 1.31. The number of nitrogens with one attached hydrogen (secondary N) is 1. The van der Waals surface area contributed by atoms with Crippen LogP contribution in [0.1, 0.15) is 31.2 Å². The van der Waals surface area contributed by atoms with Gasteiger partial charge in [0.25, 0.3) is 0 Å². The number of nitrogen functional groups attached to an aromatic ring is 1. The van der Waals surface area contributed by atoms with Gasteiger partial charge in [-0.1, -0.05) is 38.1 Å². The Labute approximate surface area is 128 Å². The van der Waals surface area contributed by atoms with Crippen LogP contribution < -0.4 is 5.73 Å². The van der Waals surface area contributed by atoms with Crippen molar-refractivity contribution in [2.75, 3.05) is 5.73 Å². The lowest BCUT2D eigenvalue weighted by Crippen LogP contribution is -2.02. The number of nitriles is 1. The van der Waals surface area contributed by atoms with E-state index in [0.29, 0.717) is 23.7 Å². The van der Waals surface area contributed by atoms with E-state index < -0.39 is 0 Å². The van der Waals surface area contributed by atoms with E-state index >= 15 is 0 Å². The van der Waals surface area contributed by atoms with Gasteiger partial charge in [0, 0.05) is 11.5 Å². The number of aromatic nitrogens is 4. The van der Waals surface area contributed by atoms with Crippen LogP contribution in [0, 0.1) is 11.3 Å². The van der Waals surface area contributed by atoms with Gasteiger partial charge in [0.05, 0.1) is 23.6 Å². The van der Waals surface area contributed by atoms with Gasteiger partial charge < -0.3 is 5.73 Å². The number of nitrogens with zero attached hydrogens (tertiary/aromatic N) is 4. The molecule has 0 saturated heterocycles. The first-order valence-corrected chi connectivity index (χ1v) is 7.08. The van der Waals surface area contributed by atoms with Crippen molar-refractivity contribution < 1.29 is 0 Å². The van der Waals surface area contributed by atoms with E-state index in [0.717, 1.165) is 22.2 Å². The Hall–Kier alpha value is -2.94. The molecule has 1 aromatic carbocycles. The summed E-state index contributed by atoms with van der Waals surface area (Å²) >= 11 is 0. The zero-order valence-corrected chi connectivity index (χ0v) is 12.5. The van der Waals surface area contributed by atoms with E-state index in [2.05, 4.69) is 26.2 Å². The summed E-state index contributed by atoms with van der Waals surface area (Å²) in [6, 6.07) is 9.86. The van der Waals surface area contributed by atoms with Crippen molar-refractivity contribution >= 4 is 16.9 Å². The number of hydrogen-bond acceptors (Lipinski definition) is 5. The topological polar surface area (TPSA) is 104 Å². The normalized spacial score (nSPS) is 11.0. The Morgan fingerprint density at radius 1 is 1.23 bits per heavy atom. The summed E-state index contributed by atoms with van der Waals surface area (Å²) in [7, 11) is 0. The average molecular weight is 292 g/mol. The molecule has 0 saturated carbocycles. The van der Waals surface area contributed by atoms with Crippen molar-refractivity contribution in [2.24, 2.45) is 0 Å². The molecule has 0 radical (unpaired) electrons. The molecule has 6 heteroatoms. The first-order valence-electron chi connectivity index (χ1n) is 7.08. The van der Waals surface area contributed by atoms with E-state index in [-0.39, 0.29) is 5.92 Å². The molecule has 0 spiro atoms. The maximum atomic E-state index is 8.72. The second kappa shape index (κ2) is 5.45. The number of H-pyrrole nitrogens is 1. The van der Waals surface area contributed by atoms with Gasteiger partial charge in [-0.3, -0.25) is 5.10 Å². The molecule has 2 aromatic heterocycles. The van der Waals surface area contributed by atoms with Crippen LogP contribution in [0.4, 0.5) is 5.82 Å². The van der Waals surface area contributed by atoms with Gasteiger partial charge in [-0.15, -0.1) is 0 Å².